The van der Waals surface area contributed by atoms with Gasteiger partial charge in [0.2, 0.25) is 15.9 Å². The topological polar surface area (TPSA) is 66.5 Å². The molecular formula is C28H32N2O3S. The van der Waals surface area contributed by atoms with Crippen LogP contribution in [0.1, 0.15) is 36.8 Å². The first-order chi connectivity index (χ1) is 16.4. The molecule has 4 rings (SSSR count). The molecule has 1 heterocycles. The SMILES string of the molecule is Cc1ccc(S(=O)(=O)N2CCCCC2CCNC(=O)Cc2ccc(-c3ccccc3)cc2)cc1. The zero-order chi connectivity index (χ0) is 24.0. The summed E-state index contributed by atoms with van der Waals surface area (Å²) in [5.74, 6) is -0.0452. The Morgan fingerprint density at radius 3 is 2.29 bits per heavy atom. The van der Waals surface area contributed by atoms with Gasteiger partial charge in [0.15, 0.2) is 0 Å². The molecule has 0 spiro atoms. The number of hydrogen-bond donors (Lipinski definition) is 1. The zero-order valence-corrected chi connectivity index (χ0v) is 20.4. The number of hydrogen-bond acceptors (Lipinski definition) is 3. The van der Waals surface area contributed by atoms with E-state index in [0.717, 1.165) is 41.5 Å². The quantitative estimate of drug-likeness (QED) is 0.500. The van der Waals surface area contributed by atoms with Crippen LogP contribution in [0.4, 0.5) is 0 Å². The molecule has 1 fully saturated rings. The molecule has 6 heteroatoms. The number of aryl methyl sites for hydroxylation is 1. The monoisotopic (exact) mass is 476 g/mol. The number of nitrogens with zero attached hydrogens (tertiary/aromatic N) is 1. The van der Waals surface area contributed by atoms with Gasteiger partial charge in [-0.1, -0.05) is 78.7 Å². The first kappa shape index (κ1) is 24.2. The van der Waals surface area contributed by atoms with Gasteiger partial charge in [-0.05, 0) is 55.0 Å². The largest absolute Gasteiger partial charge is 0.356 e. The van der Waals surface area contributed by atoms with Crippen LogP contribution < -0.4 is 5.32 Å². The summed E-state index contributed by atoms with van der Waals surface area (Å²) in [6.45, 7) is 2.94. The second-order valence-electron chi connectivity index (χ2n) is 8.96. The molecule has 178 valence electrons. The highest BCUT2D eigenvalue weighted by Crippen LogP contribution is 2.27. The van der Waals surface area contributed by atoms with Crippen molar-refractivity contribution in [3.63, 3.8) is 0 Å². The summed E-state index contributed by atoms with van der Waals surface area (Å²) in [6.07, 6.45) is 3.62. The lowest BCUT2D eigenvalue weighted by Crippen LogP contribution is -2.45. The third-order valence-corrected chi connectivity index (χ3v) is 8.39. The van der Waals surface area contributed by atoms with E-state index < -0.39 is 10.0 Å². The van der Waals surface area contributed by atoms with Crippen molar-refractivity contribution >= 4 is 15.9 Å². The summed E-state index contributed by atoms with van der Waals surface area (Å²) in [4.78, 5) is 12.8. The summed E-state index contributed by atoms with van der Waals surface area (Å²) in [6, 6.07) is 25.1. The minimum Gasteiger partial charge on any atom is -0.356 e. The summed E-state index contributed by atoms with van der Waals surface area (Å²) < 4.78 is 28.1. The van der Waals surface area contributed by atoms with Gasteiger partial charge in [-0.15, -0.1) is 0 Å². The van der Waals surface area contributed by atoms with Crippen LogP contribution in [0.5, 0.6) is 0 Å². The fraction of sp³-hybridized carbons (Fsp3) is 0.321. The standard InChI is InChI=1S/C28H32N2O3S/c1-22-10-16-27(17-11-22)34(32,33)30-20-6-5-9-26(30)18-19-29-28(31)21-23-12-14-25(15-13-23)24-7-3-2-4-8-24/h2-4,7-8,10-17,26H,5-6,9,18-21H2,1H3,(H,29,31). The lowest BCUT2D eigenvalue weighted by molar-refractivity contribution is -0.120. The van der Waals surface area contributed by atoms with E-state index in [1.807, 2.05) is 61.5 Å². The number of piperidine rings is 1. The summed E-state index contributed by atoms with van der Waals surface area (Å²) in [5, 5.41) is 2.98. The lowest BCUT2D eigenvalue weighted by atomic mass is 10.0. The zero-order valence-electron chi connectivity index (χ0n) is 19.6. The molecule has 1 aliphatic rings. The van der Waals surface area contributed by atoms with Gasteiger partial charge >= 0.3 is 0 Å². The Labute approximate surface area is 202 Å². The highest BCUT2D eigenvalue weighted by Gasteiger charge is 2.33. The predicted molar refractivity (Wildman–Crippen MR) is 136 cm³/mol. The maximum Gasteiger partial charge on any atom is 0.243 e. The Morgan fingerprint density at radius 1 is 0.912 bits per heavy atom. The Bertz CT molecular complexity index is 1190. The van der Waals surface area contributed by atoms with Gasteiger partial charge in [-0.3, -0.25) is 4.79 Å². The van der Waals surface area contributed by atoms with E-state index in [1.165, 1.54) is 0 Å². The number of amides is 1. The molecule has 1 amide bonds. The molecular weight excluding hydrogens is 444 g/mol. The van der Waals surface area contributed by atoms with Crippen molar-refractivity contribution in [3.05, 3.63) is 90.0 Å². The number of sulfonamides is 1. The maximum absolute atomic E-state index is 13.2. The minimum atomic E-state index is -3.53. The third-order valence-electron chi connectivity index (χ3n) is 6.43. The van der Waals surface area contributed by atoms with Crippen LogP contribution in [0.2, 0.25) is 0 Å². The molecule has 1 aliphatic heterocycles. The van der Waals surface area contributed by atoms with Gasteiger partial charge in [0.1, 0.15) is 0 Å². The maximum atomic E-state index is 13.2. The molecule has 3 aromatic rings. The van der Waals surface area contributed by atoms with E-state index >= 15 is 0 Å². The van der Waals surface area contributed by atoms with E-state index in [9.17, 15) is 13.2 Å². The molecule has 0 bridgehead atoms. The molecule has 34 heavy (non-hydrogen) atoms. The minimum absolute atomic E-state index is 0.0452. The molecule has 0 saturated carbocycles. The van der Waals surface area contributed by atoms with Crippen molar-refractivity contribution in [2.75, 3.05) is 13.1 Å². The van der Waals surface area contributed by atoms with E-state index in [-0.39, 0.29) is 11.9 Å². The van der Waals surface area contributed by atoms with Gasteiger partial charge in [-0.2, -0.15) is 4.31 Å². The molecule has 1 saturated heterocycles. The van der Waals surface area contributed by atoms with E-state index in [2.05, 4.69) is 17.4 Å². The van der Waals surface area contributed by atoms with Crippen molar-refractivity contribution in [1.82, 2.24) is 9.62 Å². The number of carbonyl (C=O) groups is 1. The molecule has 0 aliphatic carbocycles. The molecule has 1 unspecified atom stereocenters. The van der Waals surface area contributed by atoms with Crippen LogP contribution in [-0.4, -0.2) is 37.8 Å². The molecule has 1 atom stereocenters. The Morgan fingerprint density at radius 2 is 1.59 bits per heavy atom. The molecule has 5 nitrogen and oxygen atoms in total. The molecule has 0 aromatic heterocycles. The number of nitrogens with one attached hydrogen (secondary N) is 1. The second-order valence-corrected chi connectivity index (χ2v) is 10.8. The van der Waals surface area contributed by atoms with Crippen LogP contribution in [-0.2, 0) is 21.2 Å². The number of rotatable bonds is 8. The van der Waals surface area contributed by atoms with Gasteiger partial charge in [0, 0.05) is 19.1 Å². The van der Waals surface area contributed by atoms with Crippen LogP contribution in [0.15, 0.2) is 83.8 Å². The normalized spacial score (nSPS) is 16.8. The van der Waals surface area contributed by atoms with Crippen molar-refractivity contribution in [3.8, 4) is 11.1 Å². The Hall–Kier alpha value is -2.96. The highest BCUT2D eigenvalue weighted by molar-refractivity contribution is 7.89. The summed E-state index contributed by atoms with van der Waals surface area (Å²) in [7, 11) is -3.53. The molecule has 3 aromatic carbocycles. The molecule has 0 radical (unpaired) electrons. The van der Waals surface area contributed by atoms with Crippen LogP contribution in [0, 0.1) is 6.92 Å². The smallest absolute Gasteiger partial charge is 0.243 e. The van der Waals surface area contributed by atoms with Crippen molar-refractivity contribution in [1.29, 1.82) is 0 Å². The molecule has 1 N–H and O–H groups in total. The van der Waals surface area contributed by atoms with Gasteiger partial charge in [0.05, 0.1) is 11.3 Å². The average molecular weight is 477 g/mol. The van der Waals surface area contributed by atoms with Crippen LogP contribution >= 0.6 is 0 Å². The summed E-state index contributed by atoms with van der Waals surface area (Å²) >= 11 is 0. The van der Waals surface area contributed by atoms with Gasteiger partial charge < -0.3 is 5.32 Å². The predicted octanol–water partition coefficient (Wildman–Crippen LogP) is 4.95. The van der Waals surface area contributed by atoms with Crippen molar-refractivity contribution in [2.45, 2.75) is 50.0 Å². The van der Waals surface area contributed by atoms with Gasteiger partial charge in [-0.25, -0.2) is 8.42 Å². The second kappa shape index (κ2) is 11.0. The first-order valence-electron chi connectivity index (χ1n) is 11.9. The third kappa shape index (κ3) is 5.93. The van der Waals surface area contributed by atoms with E-state index in [4.69, 9.17) is 0 Å². The van der Waals surface area contributed by atoms with Gasteiger partial charge in [0.25, 0.3) is 0 Å². The highest BCUT2D eigenvalue weighted by atomic mass is 32.2. The fourth-order valence-corrected chi connectivity index (χ4v) is 6.22. The van der Waals surface area contributed by atoms with Crippen LogP contribution in [0.3, 0.4) is 0 Å². The summed E-state index contributed by atoms with van der Waals surface area (Å²) in [5.41, 5.74) is 4.26. The van der Waals surface area contributed by atoms with Crippen LogP contribution in [0.25, 0.3) is 11.1 Å². The van der Waals surface area contributed by atoms with E-state index in [0.29, 0.717) is 30.8 Å². The number of carbonyl (C=O) groups excluding carboxylic acids is 1. The van der Waals surface area contributed by atoms with Crippen molar-refractivity contribution in [2.24, 2.45) is 0 Å². The fourth-order valence-electron chi connectivity index (χ4n) is 4.50. The number of benzene rings is 3. The Balaban J connectivity index is 1.31. The lowest BCUT2D eigenvalue weighted by Gasteiger charge is -2.34. The first-order valence-corrected chi connectivity index (χ1v) is 13.4. The average Bonchev–Trinajstić information content (AvgIpc) is 2.85. The van der Waals surface area contributed by atoms with E-state index in [1.54, 1.807) is 16.4 Å². The Kier molecular flexibility index (Phi) is 7.80. The van der Waals surface area contributed by atoms with Crippen molar-refractivity contribution < 1.29 is 13.2 Å².